The Hall–Kier alpha value is -2.53. The van der Waals surface area contributed by atoms with Crippen LogP contribution in [0.3, 0.4) is 0 Å². The Morgan fingerprint density at radius 3 is 2.52 bits per heavy atom. The van der Waals surface area contributed by atoms with E-state index in [1.54, 1.807) is 24.3 Å². The van der Waals surface area contributed by atoms with E-state index >= 15 is 0 Å². The maximum Gasteiger partial charge on any atom is 0.261 e. The van der Waals surface area contributed by atoms with E-state index in [2.05, 4.69) is 14.9 Å². The first-order valence-electron chi connectivity index (χ1n) is 10.6. The summed E-state index contributed by atoms with van der Waals surface area (Å²) in [6.45, 7) is 6.53. The van der Waals surface area contributed by atoms with Gasteiger partial charge in [0.25, 0.3) is 15.9 Å². The van der Waals surface area contributed by atoms with E-state index in [4.69, 9.17) is 25.8 Å². The van der Waals surface area contributed by atoms with Crippen LogP contribution in [0.1, 0.15) is 6.92 Å². The van der Waals surface area contributed by atoms with Crippen LogP contribution in [0.25, 0.3) is 0 Å². The smallest absolute Gasteiger partial charge is 0.261 e. The molecular weight excluding hydrogens is 470 g/mol. The van der Waals surface area contributed by atoms with Crippen LogP contribution in [0.5, 0.6) is 11.5 Å². The zero-order valence-corrected chi connectivity index (χ0v) is 20.0. The van der Waals surface area contributed by atoms with Crippen molar-refractivity contribution in [1.29, 1.82) is 0 Å². The van der Waals surface area contributed by atoms with E-state index in [9.17, 15) is 13.2 Å². The predicted octanol–water partition coefficient (Wildman–Crippen LogP) is 2.37. The lowest BCUT2D eigenvalue weighted by Gasteiger charge is -2.26. The van der Waals surface area contributed by atoms with Crippen molar-refractivity contribution in [2.45, 2.75) is 11.8 Å². The van der Waals surface area contributed by atoms with E-state index in [1.165, 1.54) is 18.2 Å². The number of halogens is 1. The molecule has 180 valence electrons. The van der Waals surface area contributed by atoms with Crippen LogP contribution in [-0.2, 0) is 19.6 Å². The van der Waals surface area contributed by atoms with Crippen LogP contribution >= 0.6 is 11.6 Å². The summed E-state index contributed by atoms with van der Waals surface area (Å²) >= 11 is 6.20. The van der Waals surface area contributed by atoms with E-state index < -0.39 is 10.0 Å². The van der Waals surface area contributed by atoms with Crippen LogP contribution in [0.4, 0.5) is 5.69 Å². The second kappa shape index (κ2) is 12.1. The monoisotopic (exact) mass is 497 g/mol. The SMILES string of the molecule is CCOc1ccc(NS(=O)(=O)c2ccc(OCC(=O)NCCN3CCOCC3)c(Cl)c2)cc1. The Labute approximate surface area is 199 Å². The minimum atomic E-state index is -3.86. The molecule has 11 heteroatoms. The molecule has 33 heavy (non-hydrogen) atoms. The summed E-state index contributed by atoms with van der Waals surface area (Å²) in [6, 6.07) is 10.7. The van der Waals surface area contributed by atoms with Crippen LogP contribution < -0.4 is 19.5 Å². The third-order valence-electron chi connectivity index (χ3n) is 4.84. The molecule has 1 aliphatic rings. The number of amides is 1. The Kier molecular flexibility index (Phi) is 9.19. The van der Waals surface area contributed by atoms with Crippen molar-refractivity contribution in [3.05, 3.63) is 47.5 Å². The fraction of sp³-hybridized carbons (Fsp3) is 0.409. The molecule has 0 unspecified atom stereocenters. The highest BCUT2D eigenvalue weighted by atomic mass is 35.5. The zero-order chi connectivity index (χ0) is 23.7. The largest absolute Gasteiger partial charge is 0.494 e. The molecule has 2 N–H and O–H groups in total. The molecule has 0 spiro atoms. The van der Waals surface area contributed by atoms with Gasteiger partial charge in [-0.15, -0.1) is 0 Å². The van der Waals surface area contributed by atoms with Crippen molar-refractivity contribution in [1.82, 2.24) is 10.2 Å². The van der Waals surface area contributed by atoms with Gasteiger partial charge < -0.3 is 19.5 Å². The van der Waals surface area contributed by atoms with Crippen molar-refractivity contribution in [3.63, 3.8) is 0 Å². The van der Waals surface area contributed by atoms with Gasteiger partial charge in [-0.3, -0.25) is 14.4 Å². The highest BCUT2D eigenvalue weighted by molar-refractivity contribution is 7.92. The van der Waals surface area contributed by atoms with Gasteiger partial charge in [-0.25, -0.2) is 8.42 Å². The third-order valence-corrected chi connectivity index (χ3v) is 6.52. The standard InChI is InChI=1S/C22H28ClN3O6S/c1-2-31-18-5-3-17(4-6-18)25-33(28,29)19-7-8-21(20(23)15-19)32-16-22(27)24-9-10-26-11-13-30-14-12-26/h3-8,15,25H,2,9-14,16H2,1H3,(H,24,27). The molecule has 1 aliphatic heterocycles. The first kappa shape index (κ1) is 25.1. The number of hydrogen-bond donors (Lipinski definition) is 2. The van der Waals surface area contributed by atoms with Gasteiger partial charge >= 0.3 is 0 Å². The number of sulfonamides is 1. The predicted molar refractivity (Wildman–Crippen MR) is 126 cm³/mol. The average Bonchev–Trinajstić information content (AvgIpc) is 2.80. The quantitative estimate of drug-likeness (QED) is 0.491. The third kappa shape index (κ3) is 7.78. The highest BCUT2D eigenvalue weighted by Crippen LogP contribution is 2.28. The summed E-state index contributed by atoms with van der Waals surface area (Å²) in [6.07, 6.45) is 0. The summed E-state index contributed by atoms with van der Waals surface area (Å²) in [7, 11) is -3.86. The fourth-order valence-corrected chi connectivity index (χ4v) is 4.52. The van der Waals surface area contributed by atoms with E-state index in [0.717, 1.165) is 19.6 Å². The molecule has 0 radical (unpaired) electrons. The summed E-state index contributed by atoms with van der Waals surface area (Å²) in [5.41, 5.74) is 0.392. The Morgan fingerprint density at radius 1 is 1.12 bits per heavy atom. The van der Waals surface area contributed by atoms with Crippen LogP contribution in [0.15, 0.2) is 47.4 Å². The first-order valence-corrected chi connectivity index (χ1v) is 12.5. The lowest BCUT2D eigenvalue weighted by atomic mass is 10.3. The number of carbonyl (C=O) groups excluding carboxylic acids is 1. The van der Waals surface area contributed by atoms with Gasteiger partial charge in [0, 0.05) is 31.9 Å². The lowest BCUT2D eigenvalue weighted by Crippen LogP contribution is -2.42. The van der Waals surface area contributed by atoms with E-state index in [0.29, 0.717) is 37.8 Å². The van der Waals surface area contributed by atoms with Gasteiger partial charge in [0.2, 0.25) is 0 Å². The molecule has 1 amide bonds. The molecule has 0 atom stereocenters. The molecular formula is C22H28ClN3O6S. The Morgan fingerprint density at radius 2 is 1.85 bits per heavy atom. The summed E-state index contributed by atoms with van der Waals surface area (Å²) in [5.74, 6) is 0.586. The second-order valence-corrected chi connectivity index (χ2v) is 9.34. The molecule has 1 fully saturated rings. The van der Waals surface area contributed by atoms with Crippen molar-refractivity contribution in [3.8, 4) is 11.5 Å². The van der Waals surface area contributed by atoms with Crippen molar-refractivity contribution >= 4 is 33.2 Å². The fourth-order valence-electron chi connectivity index (χ4n) is 3.14. The van der Waals surface area contributed by atoms with Crippen molar-refractivity contribution in [2.24, 2.45) is 0 Å². The van der Waals surface area contributed by atoms with Gasteiger partial charge in [-0.05, 0) is 49.4 Å². The number of morpholine rings is 1. The van der Waals surface area contributed by atoms with Gasteiger partial charge in [0.1, 0.15) is 11.5 Å². The zero-order valence-electron chi connectivity index (χ0n) is 18.4. The number of anilines is 1. The summed E-state index contributed by atoms with van der Waals surface area (Å²) in [5, 5.41) is 2.88. The van der Waals surface area contributed by atoms with Crippen LogP contribution in [-0.4, -0.2) is 71.8 Å². The number of rotatable bonds is 11. The average molecular weight is 498 g/mol. The number of carbonyl (C=O) groups is 1. The molecule has 1 saturated heterocycles. The normalized spacial score (nSPS) is 14.5. The maximum absolute atomic E-state index is 12.7. The molecule has 2 aromatic carbocycles. The van der Waals surface area contributed by atoms with Crippen molar-refractivity contribution < 1.29 is 27.4 Å². The van der Waals surface area contributed by atoms with Crippen LogP contribution in [0, 0.1) is 0 Å². The number of ether oxygens (including phenoxy) is 3. The summed E-state index contributed by atoms with van der Waals surface area (Å²) < 4.78 is 43.9. The molecule has 0 aliphatic carbocycles. The first-order chi connectivity index (χ1) is 15.9. The minimum absolute atomic E-state index is 0.0244. The topological polar surface area (TPSA) is 106 Å². The van der Waals surface area contributed by atoms with Crippen molar-refractivity contribution in [2.75, 3.05) is 57.3 Å². The Balaban J connectivity index is 1.50. The molecule has 3 rings (SSSR count). The Bertz CT molecular complexity index is 1030. The van der Waals surface area contributed by atoms with Gasteiger partial charge in [0.15, 0.2) is 6.61 Å². The molecule has 9 nitrogen and oxygen atoms in total. The minimum Gasteiger partial charge on any atom is -0.494 e. The molecule has 0 bridgehead atoms. The number of nitrogens with one attached hydrogen (secondary N) is 2. The van der Waals surface area contributed by atoms with E-state index in [-0.39, 0.29) is 28.2 Å². The molecule has 0 aromatic heterocycles. The number of nitrogens with zero attached hydrogens (tertiary/aromatic N) is 1. The number of hydrogen-bond acceptors (Lipinski definition) is 7. The van der Waals surface area contributed by atoms with E-state index in [1.807, 2.05) is 6.92 Å². The molecule has 2 aromatic rings. The van der Waals surface area contributed by atoms with Gasteiger partial charge in [-0.2, -0.15) is 0 Å². The highest BCUT2D eigenvalue weighted by Gasteiger charge is 2.17. The lowest BCUT2D eigenvalue weighted by molar-refractivity contribution is -0.123. The second-order valence-electron chi connectivity index (χ2n) is 7.25. The molecule has 0 saturated carbocycles. The van der Waals surface area contributed by atoms with Crippen LogP contribution in [0.2, 0.25) is 5.02 Å². The summed E-state index contributed by atoms with van der Waals surface area (Å²) in [4.78, 5) is 14.2. The maximum atomic E-state index is 12.7. The van der Waals surface area contributed by atoms with Gasteiger partial charge in [0.05, 0.1) is 29.7 Å². The number of benzene rings is 2. The van der Waals surface area contributed by atoms with Gasteiger partial charge in [-0.1, -0.05) is 11.6 Å². The molecule has 1 heterocycles.